The van der Waals surface area contributed by atoms with Gasteiger partial charge in [-0.2, -0.15) is 0 Å². The summed E-state index contributed by atoms with van der Waals surface area (Å²) in [5.74, 6) is -0.0193. The normalized spacial score (nSPS) is 40.5. The van der Waals surface area contributed by atoms with E-state index >= 15 is 0 Å². The molecule has 2 atom stereocenters. The molecule has 4 heteroatoms. The average molecular weight is 169 g/mol. The van der Waals surface area contributed by atoms with E-state index in [2.05, 4.69) is 19.0 Å². The van der Waals surface area contributed by atoms with Crippen molar-refractivity contribution < 1.29 is 14.7 Å². The third-order valence-electron chi connectivity index (χ3n) is 3.06. The van der Waals surface area contributed by atoms with Gasteiger partial charge >= 0.3 is 5.97 Å². The summed E-state index contributed by atoms with van der Waals surface area (Å²) in [7, 11) is 0. The van der Waals surface area contributed by atoms with Crippen molar-refractivity contribution in [1.29, 1.82) is 0 Å². The Bertz CT molecular complexity index is 269. The summed E-state index contributed by atoms with van der Waals surface area (Å²) in [6.07, 6.45) is 0. The van der Waals surface area contributed by atoms with Crippen LogP contribution in [0.15, 0.2) is 5.16 Å². The summed E-state index contributed by atoms with van der Waals surface area (Å²) in [5, 5.41) is 11.6. The minimum absolute atomic E-state index is 0.0632. The van der Waals surface area contributed by atoms with E-state index in [0.717, 1.165) is 0 Å². The Labute approximate surface area is 70.2 Å². The number of fused-ring (bicyclic) bond motifs is 1. The summed E-state index contributed by atoms with van der Waals surface area (Å²) < 4.78 is 4.84. The number of carbonyl (C=O) groups is 1. The van der Waals surface area contributed by atoms with Crippen LogP contribution in [0.25, 0.3) is 0 Å². The summed E-state index contributed by atoms with van der Waals surface area (Å²) >= 11 is 0. The molecule has 0 bridgehead atoms. The molecular weight excluding hydrogens is 158 g/mol. The standard InChI is InChI=1S/C8H11NO3/c1-8(2)4-3-12-7(10)6(9-11)5(4)8/h4-5,11H,3H2,1-2H3/b9-6+/t4-,5-/m0/s1. The van der Waals surface area contributed by atoms with Gasteiger partial charge in [0, 0.05) is 11.8 Å². The maximum atomic E-state index is 11.0. The molecule has 1 saturated heterocycles. The van der Waals surface area contributed by atoms with Crippen molar-refractivity contribution in [1.82, 2.24) is 0 Å². The molecule has 0 aromatic rings. The largest absolute Gasteiger partial charge is 0.461 e. The Balaban J connectivity index is 2.29. The van der Waals surface area contributed by atoms with Gasteiger partial charge in [0.1, 0.15) is 0 Å². The van der Waals surface area contributed by atoms with E-state index in [-0.39, 0.29) is 17.0 Å². The second-order valence-corrected chi connectivity index (χ2v) is 3.99. The zero-order chi connectivity index (χ0) is 8.93. The first-order valence-corrected chi connectivity index (χ1v) is 3.98. The van der Waals surface area contributed by atoms with Gasteiger partial charge in [0.2, 0.25) is 0 Å². The molecule has 1 heterocycles. The van der Waals surface area contributed by atoms with Gasteiger partial charge < -0.3 is 9.94 Å². The average Bonchev–Trinajstić information content (AvgIpc) is 2.55. The molecule has 0 spiro atoms. The van der Waals surface area contributed by atoms with Crippen LogP contribution in [0.5, 0.6) is 0 Å². The van der Waals surface area contributed by atoms with Gasteiger partial charge in [-0.1, -0.05) is 19.0 Å². The van der Waals surface area contributed by atoms with Crippen LogP contribution in [0.2, 0.25) is 0 Å². The molecule has 66 valence electrons. The number of esters is 1. The Kier molecular flexibility index (Phi) is 1.26. The molecule has 12 heavy (non-hydrogen) atoms. The van der Waals surface area contributed by atoms with E-state index in [1.54, 1.807) is 0 Å². The van der Waals surface area contributed by atoms with Gasteiger partial charge in [0.05, 0.1) is 6.61 Å². The highest BCUT2D eigenvalue weighted by molar-refractivity contribution is 6.38. The molecule has 1 aliphatic carbocycles. The highest BCUT2D eigenvalue weighted by atomic mass is 16.5. The number of hydrogen-bond donors (Lipinski definition) is 1. The van der Waals surface area contributed by atoms with Gasteiger partial charge in [-0.15, -0.1) is 0 Å². The Morgan fingerprint density at radius 3 is 2.83 bits per heavy atom. The lowest BCUT2D eigenvalue weighted by Gasteiger charge is -2.09. The maximum Gasteiger partial charge on any atom is 0.356 e. The number of rotatable bonds is 0. The van der Waals surface area contributed by atoms with Gasteiger partial charge in [-0.05, 0) is 5.41 Å². The molecular formula is C8H11NO3. The summed E-state index contributed by atoms with van der Waals surface area (Å²) in [6.45, 7) is 4.57. The van der Waals surface area contributed by atoms with Crippen molar-refractivity contribution in [2.45, 2.75) is 13.8 Å². The lowest BCUT2D eigenvalue weighted by atomic mass is 10.1. The van der Waals surface area contributed by atoms with Crippen molar-refractivity contribution in [2.24, 2.45) is 22.4 Å². The van der Waals surface area contributed by atoms with Crippen molar-refractivity contribution in [3.63, 3.8) is 0 Å². The number of carbonyl (C=O) groups excluding carboxylic acids is 1. The fourth-order valence-corrected chi connectivity index (χ4v) is 2.07. The molecule has 0 radical (unpaired) electrons. The number of cyclic esters (lactones) is 1. The minimum atomic E-state index is -0.468. The van der Waals surface area contributed by atoms with Gasteiger partial charge in [-0.3, -0.25) is 0 Å². The van der Waals surface area contributed by atoms with Crippen LogP contribution >= 0.6 is 0 Å². The van der Waals surface area contributed by atoms with E-state index < -0.39 is 5.97 Å². The zero-order valence-corrected chi connectivity index (χ0v) is 7.07. The Morgan fingerprint density at radius 2 is 2.33 bits per heavy atom. The van der Waals surface area contributed by atoms with Gasteiger partial charge in [0.15, 0.2) is 5.71 Å². The third-order valence-corrected chi connectivity index (χ3v) is 3.06. The second kappa shape index (κ2) is 2.00. The predicted octanol–water partition coefficient (Wildman–Crippen LogP) is 0.646. The van der Waals surface area contributed by atoms with Gasteiger partial charge in [-0.25, -0.2) is 4.79 Å². The lowest BCUT2D eigenvalue weighted by Crippen LogP contribution is -2.26. The van der Waals surface area contributed by atoms with E-state index in [1.807, 2.05) is 0 Å². The van der Waals surface area contributed by atoms with E-state index in [0.29, 0.717) is 12.5 Å². The molecule has 0 unspecified atom stereocenters. The van der Waals surface area contributed by atoms with Crippen molar-refractivity contribution in [3.8, 4) is 0 Å². The quantitative estimate of drug-likeness (QED) is 0.329. The summed E-state index contributed by atoms with van der Waals surface area (Å²) in [6, 6.07) is 0. The van der Waals surface area contributed by atoms with Crippen molar-refractivity contribution >= 4 is 11.7 Å². The predicted molar refractivity (Wildman–Crippen MR) is 40.9 cm³/mol. The minimum Gasteiger partial charge on any atom is -0.461 e. The Morgan fingerprint density at radius 1 is 1.67 bits per heavy atom. The molecule has 1 saturated carbocycles. The molecule has 0 aromatic carbocycles. The lowest BCUT2D eigenvalue weighted by molar-refractivity contribution is -0.137. The number of oxime groups is 1. The molecule has 1 aliphatic heterocycles. The topological polar surface area (TPSA) is 58.9 Å². The summed E-state index contributed by atoms with van der Waals surface area (Å²) in [4.78, 5) is 11.0. The molecule has 2 aliphatic rings. The highest BCUT2D eigenvalue weighted by Gasteiger charge is 2.64. The van der Waals surface area contributed by atoms with Crippen LogP contribution in [0.4, 0.5) is 0 Å². The smallest absolute Gasteiger partial charge is 0.356 e. The molecule has 1 N–H and O–H groups in total. The van der Waals surface area contributed by atoms with Crippen LogP contribution < -0.4 is 0 Å². The van der Waals surface area contributed by atoms with Crippen LogP contribution in [0, 0.1) is 17.3 Å². The first-order chi connectivity index (χ1) is 5.59. The van der Waals surface area contributed by atoms with Crippen LogP contribution in [0.1, 0.15) is 13.8 Å². The third kappa shape index (κ3) is 0.722. The van der Waals surface area contributed by atoms with E-state index in [4.69, 9.17) is 9.94 Å². The first-order valence-electron chi connectivity index (χ1n) is 3.98. The Hall–Kier alpha value is -1.06. The van der Waals surface area contributed by atoms with E-state index in [1.165, 1.54) is 0 Å². The van der Waals surface area contributed by atoms with Crippen LogP contribution in [-0.4, -0.2) is 23.5 Å². The SMILES string of the molecule is CC1(C)[C@@H]2/C(=N\O)C(=O)OC[C@@H]21. The molecule has 0 aromatic heterocycles. The fourth-order valence-electron chi connectivity index (χ4n) is 2.07. The van der Waals surface area contributed by atoms with Crippen LogP contribution in [0.3, 0.4) is 0 Å². The van der Waals surface area contributed by atoms with E-state index in [9.17, 15) is 4.79 Å². The van der Waals surface area contributed by atoms with Gasteiger partial charge in [0.25, 0.3) is 0 Å². The first kappa shape index (κ1) is 7.58. The fraction of sp³-hybridized carbons (Fsp3) is 0.750. The zero-order valence-electron chi connectivity index (χ0n) is 7.07. The number of nitrogens with zero attached hydrogens (tertiary/aromatic N) is 1. The monoisotopic (exact) mass is 169 g/mol. The molecule has 2 rings (SSSR count). The molecule has 0 amide bonds. The highest BCUT2D eigenvalue weighted by Crippen LogP contribution is 2.60. The second-order valence-electron chi connectivity index (χ2n) is 3.99. The number of hydrogen-bond acceptors (Lipinski definition) is 4. The molecule has 4 nitrogen and oxygen atoms in total. The molecule has 2 fully saturated rings. The van der Waals surface area contributed by atoms with Crippen LogP contribution in [-0.2, 0) is 9.53 Å². The van der Waals surface area contributed by atoms with Crippen molar-refractivity contribution in [2.75, 3.05) is 6.61 Å². The maximum absolute atomic E-state index is 11.0. The summed E-state index contributed by atoms with van der Waals surface area (Å²) in [5.41, 5.74) is 0.254. The number of ether oxygens (including phenoxy) is 1. The van der Waals surface area contributed by atoms with Crippen molar-refractivity contribution in [3.05, 3.63) is 0 Å².